The number of benzene rings is 1. The van der Waals surface area contributed by atoms with Crippen molar-refractivity contribution >= 4 is 5.97 Å². The Labute approximate surface area is 126 Å². The van der Waals surface area contributed by atoms with Crippen LogP contribution in [0.5, 0.6) is 0 Å². The topological polar surface area (TPSA) is 38.8 Å². The first kappa shape index (κ1) is 14.5. The zero-order valence-electron chi connectivity index (χ0n) is 12.6. The molecule has 0 bridgehead atoms. The maximum absolute atomic E-state index is 11.9. The Hall–Kier alpha value is -1.39. The van der Waals surface area contributed by atoms with Gasteiger partial charge in [0.05, 0.1) is 25.4 Å². The molecule has 4 nitrogen and oxygen atoms in total. The smallest absolute Gasteiger partial charge is 0.338 e. The van der Waals surface area contributed by atoms with Crippen LogP contribution in [-0.4, -0.2) is 43.3 Å². The van der Waals surface area contributed by atoms with Crippen LogP contribution >= 0.6 is 0 Å². The van der Waals surface area contributed by atoms with E-state index < -0.39 is 0 Å². The minimum absolute atomic E-state index is 0.251. The zero-order valence-corrected chi connectivity index (χ0v) is 12.6. The maximum Gasteiger partial charge on any atom is 0.338 e. The molecule has 2 aliphatic rings. The van der Waals surface area contributed by atoms with Crippen LogP contribution in [0.15, 0.2) is 24.3 Å². The Morgan fingerprint density at radius 3 is 3.00 bits per heavy atom. The standard InChI is InChI=1S/C17H23NO3/c1-20-17(19)14-7-3-2-6-13(14)12-18-10-11-21-16-9-5-4-8-15(16)18/h2-3,6-7,15-16H,4-5,8-12H2,1H3. The molecule has 114 valence electrons. The van der Waals surface area contributed by atoms with Crippen molar-refractivity contribution in [1.82, 2.24) is 4.90 Å². The van der Waals surface area contributed by atoms with Gasteiger partial charge in [-0.25, -0.2) is 4.79 Å². The third-order valence-electron chi connectivity index (χ3n) is 4.64. The Morgan fingerprint density at radius 1 is 1.33 bits per heavy atom. The van der Waals surface area contributed by atoms with Crippen molar-refractivity contribution in [2.75, 3.05) is 20.3 Å². The molecule has 0 N–H and O–H groups in total. The highest BCUT2D eigenvalue weighted by Gasteiger charge is 2.34. The lowest BCUT2D eigenvalue weighted by Gasteiger charge is -2.44. The van der Waals surface area contributed by atoms with Crippen LogP contribution in [0.1, 0.15) is 41.6 Å². The van der Waals surface area contributed by atoms with Gasteiger partial charge in [0.15, 0.2) is 0 Å². The quantitative estimate of drug-likeness (QED) is 0.802. The Bertz CT molecular complexity index is 501. The number of ether oxygens (including phenoxy) is 2. The van der Waals surface area contributed by atoms with E-state index >= 15 is 0 Å². The van der Waals surface area contributed by atoms with Gasteiger partial charge in [0, 0.05) is 19.1 Å². The molecule has 1 saturated heterocycles. The van der Waals surface area contributed by atoms with E-state index in [2.05, 4.69) is 4.90 Å². The summed E-state index contributed by atoms with van der Waals surface area (Å²) in [5, 5.41) is 0. The first-order valence-corrected chi connectivity index (χ1v) is 7.81. The molecule has 1 aliphatic carbocycles. The molecular formula is C17H23NO3. The molecule has 2 atom stereocenters. The first-order valence-electron chi connectivity index (χ1n) is 7.81. The van der Waals surface area contributed by atoms with Gasteiger partial charge in [-0.1, -0.05) is 31.0 Å². The molecule has 4 heteroatoms. The predicted octanol–water partition coefficient (Wildman–Crippen LogP) is 2.62. The van der Waals surface area contributed by atoms with Crippen LogP contribution in [-0.2, 0) is 16.0 Å². The first-order chi connectivity index (χ1) is 10.3. The molecule has 3 rings (SSSR count). The number of fused-ring (bicyclic) bond motifs is 1. The lowest BCUT2D eigenvalue weighted by molar-refractivity contribution is -0.0911. The van der Waals surface area contributed by atoms with Gasteiger partial charge in [-0.05, 0) is 24.5 Å². The van der Waals surface area contributed by atoms with Crippen LogP contribution in [0.25, 0.3) is 0 Å². The molecular weight excluding hydrogens is 266 g/mol. The summed E-state index contributed by atoms with van der Waals surface area (Å²) in [5.41, 5.74) is 1.73. The molecule has 2 unspecified atom stereocenters. The molecule has 0 spiro atoms. The number of carbonyl (C=O) groups excluding carboxylic acids is 1. The summed E-state index contributed by atoms with van der Waals surface area (Å²) in [6.07, 6.45) is 5.29. The molecule has 0 aromatic heterocycles. The van der Waals surface area contributed by atoms with Crippen molar-refractivity contribution < 1.29 is 14.3 Å². The Kier molecular flexibility index (Phi) is 4.56. The lowest BCUT2D eigenvalue weighted by Crippen LogP contribution is -2.52. The number of hydrogen-bond acceptors (Lipinski definition) is 4. The monoisotopic (exact) mass is 289 g/mol. The molecule has 1 heterocycles. The van der Waals surface area contributed by atoms with Crippen molar-refractivity contribution in [3.63, 3.8) is 0 Å². The number of rotatable bonds is 3. The highest BCUT2D eigenvalue weighted by molar-refractivity contribution is 5.90. The summed E-state index contributed by atoms with van der Waals surface area (Å²) in [5.74, 6) is -0.251. The highest BCUT2D eigenvalue weighted by Crippen LogP contribution is 2.29. The van der Waals surface area contributed by atoms with Gasteiger partial charge < -0.3 is 9.47 Å². The molecule has 1 saturated carbocycles. The number of morpholine rings is 1. The molecule has 0 radical (unpaired) electrons. The highest BCUT2D eigenvalue weighted by atomic mass is 16.5. The summed E-state index contributed by atoms with van der Waals surface area (Å²) < 4.78 is 10.8. The van der Waals surface area contributed by atoms with Crippen LogP contribution in [0, 0.1) is 0 Å². The minimum Gasteiger partial charge on any atom is -0.465 e. The van der Waals surface area contributed by atoms with Gasteiger partial charge in [0.25, 0.3) is 0 Å². The minimum atomic E-state index is -0.251. The van der Waals surface area contributed by atoms with Gasteiger partial charge in [-0.3, -0.25) is 4.90 Å². The molecule has 21 heavy (non-hydrogen) atoms. The molecule has 1 aromatic rings. The van der Waals surface area contributed by atoms with E-state index in [1.165, 1.54) is 32.8 Å². The fourth-order valence-corrected chi connectivity index (χ4v) is 3.56. The number of methoxy groups -OCH3 is 1. The second-order valence-electron chi connectivity index (χ2n) is 5.88. The van der Waals surface area contributed by atoms with Crippen molar-refractivity contribution in [3.05, 3.63) is 35.4 Å². The van der Waals surface area contributed by atoms with E-state index in [1.54, 1.807) is 0 Å². The summed E-state index contributed by atoms with van der Waals surface area (Å²) in [7, 11) is 1.44. The van der Waals surface area contributed by atoms with Gasteiger partial charge in [0.2, 0.25) is 0 Å². The predicted molar refractivity (Wildman–Crippen MR) is 80.2 cm³/mol. The number of nitrogens with zero attached hydrogens (tertiary/aromatic N) is 1. The van der Waals surface area contributed by atoms with Crippen molar-refractivity contribution in [2.24, 2.45) is 0 Å². The van der Waals surface area contributed by atoms with Gasteiger partial charge in [-0.15, -0.1) is 0 Å². The summed E-state index contributed by atoms with van der Waals surface area (Å²) in [4.78, 5) is 14.4. The number of esters is 1. The van der Waals surface area contributed by atoms with Gasteiger partial charge in [0.1, 0.15) is 0 Å². The molecule has 2 fully saturated rings. The average molecular weight is 289 g/mol. The van der Waals surface area contributed by atoms with E-state index in [4.69, 9.17) is 9.47 Å². The van der Waals surface area contributed by atoms with Crippen molar-refractivity contribution in [2.45, 2.75) is 44.4 Å². The maximum atomic E-state index is 11.9. The van der Waals surface area contributed by atoms with E-state index in [9.17, 15) is 4.79 Å². The van der Waals surface area contributed by atoms with E-state index in [0.717, 1.165) is 25.3 Å². The van der Waals surface area contributed by atoms with Crippen LogP contribution in [0.4, 0.5) is 0 Å². The Balaban J connectivity index is 1.78. The molecule has 1 aliphatic heterocycles. The molecule has 0 amide bonds. The summed E-state index contributed by atoms with van der Waals surface area (Å²) in [6.45, 7) is 2.54. The van der Waals surface area contributed by atoms with Crippen LogP contribution in [0.3, 0.4) is 0 Å². The third kappa shape index (κ3) is 3.11. The third-order valence-corrected chi connectivity index (χ3v) is 4.64. The van der Waals surface area contributed by atoms with Gasteiger partial charge in [-0.2, -0.15) is 0 Å². The number of carbonyl (C=O) groups is 1. The van der Waals surface area contributed by atoms with Crippen molar-refractivity contribution in [3.8, 4) is 0 Å². The van der Waals surface area contributed by atoms with Crippen LogP contribution < -0.4 is 0 Å². The largest absolute Gasteiger partial charge is 0.465 e. The average Bonchev–Trinajstić information content (AvgIpc) is 2.55. The second kappa shape index (κ2) is 6.58. The van der Waals surface area contributed by atoms with Crippen molar-refractivity contribution in [1.29, 1.82) is 0 Å². The summed E-state index contributed by atoms with van der Waals surface area (Å²) >= 11 is 0. The second-order valence-corrected chi connectivity index (χ2v) is 5.88. The zero-order chi connectivity index (χ0) is 14.7. The summed E-state index contributed by atoms with van der Waals surface area (Å²) in [6, 6.07) is 8.25. The molecule has 1 aromatic carbocycles. The van der Waals surface area contributed by atoms with Gasteiger partial charge >= 0.3 is 5.97 Å². The normalized spacial score (nSPS) is 26.1. The van der Waals surface area contributed by atoms with E-state index in [1.807, 2.05) is 24.3 Å². The fraction of sp³-hybridized carbons (Fsp3) is 0.588. The van der Waals surface area contributed by atoms with E-state index in [0.29, 0.717) is 17.7 Å². The fourth-order valence-electron chi connectivity index (χ4n) is 3.56. The van der Waals surface area contributed by atoms with Crippen LogP contribution in [0.2, 0.25) is 0 Å². The van der Waals surface area contributed by atoms with E-state index in [-0.39, 0.29) is 5.97 Å². The Morgan fingerprint density at radius 2 is 2.14 bits per heavy atom. The lowest BCUT2D eigenvalue weighted by atomic mass is 9.89. The number of hydrogen-bond donors (Lipinski definition) is 0. The SMILES string of the molecule is COC(=O)c1ccccc1CN1CCOC2CCCCC21.